The van der Waals surface area contributed by atoms with Gasteiger partial charge in [0, 0.05) is 6.04 Å². The molecule has 0 spiro atoms. The Labute approximate surface area is 104 Å². The summed E-state index contributed by atoms with van der Waals surface area (Å²) >= 11 is 0. The van der Waals surface area contributed by atoms with Crippen LogP contribution < -0.4 is 10.5 Å². The van der Waals surface area contributed by atoms with Crippen molar-refractivity contribution < 1.29 is 9.84 Å². The van der Waals surface area contributed by atoms with E-state index in [0.717, 1.165) is 25.0 Å². The molecule has 0 aromatic heterocycles. The van der Waals surface area contributed by atoms with Crippen molar-refractivity contribution >= 4 is 0 Å². The van der Waals surface area contributed by atoms with Crippen LogP contribution in [-0.4, -0.2) is 23.9 Å². The largest absolute Gasteiger partial charge is 0.486 e. The van der Waals surface area contributed by atoms with Gasteiger partial charge >= 0.3 is 0 Å². The van der Waals surface area contributed by atoms with E-state index in [2.05, 4.69) is 19.9 Å². The van der Waals surface area contributed by atoms with Crippen LogP contribution in [-0.2, 0) is 6.42 Å². The lowest BCUT2D eigenvalue weighted by molar-refractivity contribution is 0.0916. The van der Waals surface area contributed by atoms with Gasteiger partial charge in [0.2, 0.25) is 0 Å². The highest BCUT2D eigenvalue weighted by molar-refractivity contribution is 5.28. The van der Waals surface area contributed by atoms with Gasteiger partial charge in [0.25, 0.3) is 0 Å². The number of hydrogen-bond donors (Lipinski definition) is 2. The van der Waals surface area contributed by atoms with Gasteiger partial charge in [0.15, 0.2) is 0 Å². The molecule has 0 radical (unpaired) electrons. The van der Waals surface area contributed by atoms with Crippen LogP contribution in [0.3, 0.4) is 0 Å². The maximum atomic E-state index is 9.31. The van der Waals surface area contributed by atoms with Crippen molar-refractivity contribution in [2.75, 3.05) is 6.61 Å². The average Bonchev–Trinajstić information content (AvgIpc) is 2.36. The van der Waals surface area contributed by atoms with Crippen molar-refractivity contribution in [2.45, 2.75) is 45.3 Å². The SMILES string of the molecule is CCCC(N)C(CO)Oc1cccc(CC)c1. The molecule has 0 saturated heterocycles. The zero-order valence-corrected chi connectivity index (χ0v) is 10.7. The molecule has 96 valence electrons. The quantitative estimate of drug-likeness (QED) is 0.763. The zero-order valence-electron chi connectivity index (χ0n) is 10.7. The summed E-state index contributed by atoms with van der Waals surface area (Å²) in [7, 11) is 0. The van der Waals surface area contributed by atoms with Crippen LogP contribution in [0, 0.1) is 0 Å². The second kappa shape index (κ2) is 7.30. The molecule has 0 aliphatic rings. The van der Waals surface area contributed by atoms with Crippen molar-refractivity contribution in [2.24, 2.45) is 5.73 Å². The fraction of sp³-hybridized carbons (Fsp3) is 0.571. The molecule has 1 aromatic carbocycles. The number of rotatable bonds is 7. The Morgan fingerprint density at radius 1 is 1.35 bits per heavy atom. The first-order valence-corrected chi connectivity index (χ1v) is 6.33. The number of benzene rings is 1. The highest BCUT2D eigenvalue weighted by atomic mass is 16.5. The molecule has 0 heterocycles. The number of hydrogen-bond acceptors (Lipinski definition) is 3. The molecule has 0 aliphatic carbocycles. The molecular formula is C14H23NO2. The first-order chi connectivity index (χ1) is 8.21. The summed E-state index contributed by atoms with van der Waals surface area (Å²) in [5.74, 6) is 0.787. The van der Waals surface area contributed by atoms with E-state index in [1.165, 1.54) is 5.56 Å². The highest BCUT2D eigenvalue weighted by Gasteiger charge is 2.17. The number of aliphatic hydroxyl groups excluding tert-OH is 1. The maximum Gasteiger partial charge on any atom is 0.137 e. The summed E-state index contributed by atoms with van der Waals surface area (Å²) in [6.45, 7) is 4.13. The molecular weight excluding hydrogens is 214 g/mol. The standard InChI is InChI=1S/C14H23NO2/c1-3-6-13(15)14(10-16)17-12-8-5-7-11(4-2)9-12/h5,7-9,13-14,16H,3-4,6,10,15H2,1-2H3. The predicted octanol–water partition coefficient (Wildman–Crippen LogP) is 2.12. The van der Waals surface area contributed by atoms with E-state index in [-0.39, 0.29) is 18.8 Å². The van der Waals surface area contributed by atoms with Gasteiger partial charge in [0.1, 0.15) is 11.9 Å². The zero-order chi connectivity index (χ0) is 12.7. The second-order valence-electron chi connectivity index (χ2n) is 4.29. The van der Waals surface area contributed by atoms with Crippen LogP contribution in [0.5, 0.6) is 5.75 Å². The van der Waals surface area contributed by atoms with Gasteiger partial charge < -0.3 is 15.6 Å². The van der Waals surface area contributed by atoms with Crippen molar-refractivity contribution in [3.05, 3.63) is 29.8 Å². The Bertz CT molecular complexity index is 328. The minimum Gasteiger partial charge on any atom is -0.486 e. The summed E-state index contributed by atoms with van der Waals surface area (Å²) in [4.78, 5) is 0. The van der Waals surface area contributed by atoms with Gasteiger partial charge in [-0.1, -0.05) is 32.4 Å². The smallest absolute Gasteiger partial charge is 0.137 e. The van der Waals surface area contributed by atoms with Crippen molar-refractivity contribution in [1.29, 1.82) is 0 Å². The van der Waals surface area contributed by atoms with Gasteiger partial charge in [-0.2, -0.15) is 0 Å². The Morgan fingerprint density at radius 2 is 2.12 bits per heavy atom. The summed E-state index contributed by atoms with van der Waals surface area (Å²) in [6, 6.07) is 7.82. The fourth-order valence-electron chi connectivity index (χ4n) is 1.79. The Morgan fingerprint density at radius 3 is 2.71 bits per heavy atom. The first kappa shape index (κ1) is 14.0. The number of nitrogens with two attached hydrogens (primary N) is 1. The van der Waals surface area contributed by atoms with E-state index in [9.17, 15) is 5.11 Å². The van der Waals surface area contributed by atoms with E-state index in [4.69, 9.17) is 10.5 Å². The third kappa shape index (κ3) is 4.36. The summed E-state index contributed by atoms with van der Waals surface area (Å²) in [5, 5.41) is 9.31. The van der Waals surface area contributed by atoms with E-state index < -0.39 is 0 Å². The van der Waals surface area contributed by atoms with E-state index >= 15 is 0 Å². The van der Waals surface area contributed by atoms with Gasteiger partial charge in [0.05, 0.1) is 6.61 Å². The normalized spacial score (nSPS) is 14.4. The van der Waals surface area contributed by atoms with Crippen molar-refractivity contribution in [1.82, 2.24) is 0 Å². The van der Waals surface area contributed by atoms with Crippen LogP contribution in [0.25, 0.3) is 0 Å². The third-order valence-electron chi connectivity index (χ3n) is 2.87. The molecule has 0 aliphatic heterocycles. The molecule has 0 fully saturated rings. The van der Waals surface area contributed by atoms with Crippen LogP contribution >= 0.6 is 0 Å². The molecule has 1 rings (SSSR count). The molecule has 3 heteroatoms. The van der Waals surface area contributed by atoms with Crippen LogP contribution in [0.2, 0.25) is 0 Å². The average molecular weight is 237 g/mol. The highest BCUT2D eigenvalue weighted by Crippen LogP contribution is 2.17. The third-order valence-corrected chi connectivity index (χ3v) is 2.87. The fourth-order valence-corrected chi connectivity index (χ4v) is 1.79. The van der Waals surface area contributed by atoms with Crippen LogP contribution in [0.1, 0.15) is 32.3 Å². The molecule has 1 aromatic rings. The van der Waals surface area contributed by atoms with Crippen LogP contribution in [0.4, 0.5) is 0 Å². The lowest BCUT2D eigenvalue weighted by atomic mass is 10.1. The van der Waals surface area contributed by atoms with E-state index in [0.29, 0.717) is 0 Å². The maximum absolute atomic E-state index is 9.31. The molecule has 0 bridgehead atoms. The minimum absolute atomic E-state index is 0.0441. The van der Waals surface area contributed by atoms with Gasteiger partial charge in [-0.25, -0.2) is 0 Å². The molecule has 2 atom stereocenters. The Kier molecular flexibility index (Phi) is 6.01. The summed E-state index contributed by atoms with van der Waals surface area (Å²) < 4.78 is 5.75. The lowest BCUT2D eigenvalue weighted by Crippen LogP contribution is -2.41. The Balaban J connectivity index is 2.66. The van der Waals surface area contributed by atoms with Gasteiger partial charge in [-0.05, 0) is 30.5 Å². The van der Waals surface area contributed by atoms with Crippen LogP contribution in [0.15, 0.2) is 24.3 Å². The molecule has 3 nitrogen and oxygen atoms in total. The summed E-state index contributed by atoms with van der Waals surface area (Å²) in [6.07, 6.45) is 2.51. The van der Waals surface area contributed by atoms with Gasteiger partial charge in [-0.3, -0.25) is 0 Å². The Hall–Kier alpha value is -1.06. The number of aryl methyl sites for hydroxylation is 1. The van der Waals surface area contributed by atoms with Crippen molar-refractivity contribution in [3.8, 4) is 5.75 Å². The second-order valence-corrected chi connectivity index (χ2v) is 4.29. The molecule has 17 heavy (non-hydrogen) atoms. The monoisotopic (exact) mass is 237 g/mol. The number of ether oxygens (including phenoxy) is 1. The molecule has 0 amide bonds. The summed E-state index contributed by atoms with van der Waals surface area (Å²) in [5.41, 5.74) is 7.20. The van der Waals surface area contributed by atoms with E-state index in [1.807, 2.05) is 18.2 Å². The molecule has 0 saturated carbocycles. The van der Waals surface area contributed by atoms with Gasteiger partial charge in [-0.15, -0.1) is 0 Å². The minimum atomic E-state index is -0.318. The topological polar surface area (TPSA) is 55.5 Å². The van der Waals surface area contributed by atoms with Crippen molar-refractivity contribution in [3.63, 3.8) is 0 Å². The van der Waals surface area contributed by atoms with E-state index in [1.54, 1.807) is 0 Å². The molecule has 2 unspecified atom stereocenters. The number of aliphatic hydroxyl groups is 1. The predicted molar refractivity (Wildman–Crippen MR) is 70.2 cm³/mol. The molecule has 3 N–H and O–H groups in total. The lowest BCUT2D eigenvalue weighted by Gasteiger charge is -2.23. The first-order valence-electron chi connectivity index (χ1n) is 6.33.